The van der Waals surface area contributed by atoms with E-state index in [1.807, 2.05) is 0 Å². The highest BCUT2D eigenvalue weighted by molar-refractivity contribution is 6.28. The van der Waals surface area contributed by atoms with Crippen LogP contribution in [0.3, 0.4) is 0 Å². The van der Waals surface area contributed by atoms with Crippen molar-refractivity contribution in [1.82, 2.24) is 0 Å². The van der Waals surface area contributed by atoms with E-state index in [-0.39, 0.29) is 5.92 Å². The Kier molecular flexibility index (Phi) is 6.57. The minimum absolute atomic E-state index is 0.382. The van der Waals surface area contributed by atoms with Gasteiger partial charge in [-0.25, -0.2) is 0 Å². The van der Waals surface area contributed by atoms with Crippen LogP contribution in [0.1, 0.15) is 12.8 Å². The third-order valence-corrected chi connectivity index (χ3v) is 2.08. The molecule has 0 spiro atoms. The normalized spacial score (nSPS) is 15.5. The molecule has 0 amide bonds. The van der Waals surface area contributed by atoms with E-state index >= 15 is 0 Å². The van der Waals surface area contributed by atoms with E-state index in [1.54, 1.807) is 0 Å². The van der Waals surface area contributed by atoms with Gasteiger partial charge in [-0.15, -0.1) is 23.2 Å². The number of rotatable bonds is 6. The number of halogens is 2. The summed E-state index contributed by atoms with van der Waals surface area (Å²) in [5.74, 6) is 0.111. The summed E-state index contributed by atoms with van der Waals surface area (Å²) >= 11 is 10.9. The van der Waals surface area contributed by atoms with Gasteiger partial charge in [-0.3, -0.25) is 0 Å². The maximum atomic E-state index is 10.3. The lowest BCUT2D eigenvalue weighted by atomic mass is 10.0. The van der Waals surface area contributed by atoms with Crippen LogP contribution in [0.4, 0.5) is 0 Å². The monoisotopic (exact) mass is 196 g/mol. The molecule has 0 aliphatic heterocycles. The molecule has 0 bridgehead atoms. The third-order valence-electron chi connectivity index (χ3n) is 1.38. The molecule has 0 unspecified atom stereocenters. The highest BCUT2D eigenvalue weighted by atomic mass is 35.5. The SMILES string of the molecule is O=C[C@@H](Cl)[C@H](C=O)CCCCl. The molecule has 64 valence electrons. The number of hydrogen-bond acceptors (Lipinski definition) is 2. The summed E-state index contributed by atoms with van der Waals surface area (Å²) in [5.41, 5.74) is 0. The molecule has 0 heterocycles. The first-order valence-corrected chi connectivity index (χ1v) is 4.34. The van der Waals surface area contributed by atoms with E-state index in [0.29, 0.717) is 31.3 Å². The summed E-state index contributed by atoms with van der Waals surface area (Å²) in [5, 5.41) is -0.698. The summed E-state index contributed by atoms with van der Waals surface area (Å²) in [7, 11) is 0. The Labute approximate surface area is 75.9 Å². The van der Waals surface area contributed by atoms with Crippen molar-refractivity contribution in [1.29, 1.82) is 0 Å². The van der Waals surface area contributed by atoms with Gasteiger partial charge in [-0.2, -0.15) is 0 Å². The highest BCUT2D eigenvalue weighted by Crippen LogP contribution is 2.13. The fourth-order valence-corrected chi connectivity index (χ4v) is 1.06. The van der Waals surface area contributed by atoms with Gasteiger partial charge in [0.1, 0.15) is 12.6 Å². The van der Waals surface area contributed by atoms with Crippen LogP contribution in [-0.4, -0.2) is 23.8 Å². The first-order chi connectivity index (χ1) is 5.26. The van der Waals surface area contributed by atoms with Gasteiger partial charge < -0.3 is 9.59 Å². The quantitative estimate of drug-likeness (QED) is 0.479. The topological polar surface area (TPSA) is 34.1 Å². The zero-order valence-electron chi connectivity index (χ0n) is 6.00. The summed E-state index contributed by atoms with van der Waals surface area (Å²) in [6.07, 6.45) is 2.58. The van der Waals surface area contributed by atoms with Gasteiger partial charge in [-0.05, 0) is 12.8 Å². The predicted octanol–water partition coefficient (Wildman–Crippen LogP) is 1.63. The molecule has 0 aliphatic carbocycles. The Morgan fingerprint density at radius 1 is 1.27 bits per heavy atom. The Bertz CT molecular complexity index is 128. The van der Waals surface area contributed by atoms with Gasteiger partial charge in [0.05, 0.1) is 5.38 Å². The van der Waals surface area contributed by atoms with Gasteiger partial charge in [0, 0.05) is 11.8 Å². The van der Waals surface area contributed by atoms with Crippen LogP contribution >= 0.6 is 23.2 Å². The molecular weight excluding hydrogens is 187 g/mol. The lowest BCUT2D eigenvalue weighted by Crippen LogP contribution is -2.17. The van der Waals surface area contributed by atoms with Gasteiger partial charge in [0.25, 0.3) is 0 Å². The van der Waals surface area contributed by atoms with E-state index in [9.17, 15) is 9.59 Å². The number of carbonyl (C=O) groups excluding carboxylic acids is 2. The summed E-state index contributed by atoms with van der Waals surface area (Å²) in [6.45, 7) is 0. The summed E-state index contributed by atoms with van der Waals surface area (Å²) in [6, 6.07) is 0. The van der Waals surface area contributed by atoms with Gasteiger partial charge in [0.15, 0.2) is 0 Å². The van der Waals surface area contributed by atoms with Crippen molar-refractivity contribution in [3.05, 3.63) is 0 Å². The first-order valence-electron chi connectivity index (χ1n) is 3.37. The van der Waals surface area contributed by atoms with Crippen molar-refractivity contribution in [2.24, 2.45) is 5.92 Å². The summed E-state index contributed by atoms with van der Waals surface area (Å²) in [4.78, 5) is 20.5. The van der Waals surface area contributed by atoms with Gasteiger partial charge in [-0.1, -0.05) is 0 Å². The molecule has 0 rings (SSSR count). The maximum Gasteiger partial charge on any atom is 0.138 e. The van der Waals surface area contributed by atoms with E-state index in [1.165, 1.54) is 0 Å². The lowest BCUT2D eigenvalue weighted by Gasteiger charge is -2.08. The maximum absolute atomic E-state index is 10.3. The van der Waals surface area contributed by atoms with Crippen LogP contribution in [0, 0.1) is 5.92 Å². The molecule has 0 radical (unpaired) electrons. The van der Waals surface area contributed by atoms with E-state index in [2.05, 4.69) is 0 Å². The zero-order valence-corrected chi connectivity index (χ0v) is 7.52. The minimum Gasteiger partial charge on any atom is -0.303 e. The van der Waals surface area contributed by atoms with E-state index in [0.717, 1.165) is 0 Å². The smallest absolute Gasteiger partial charge is 0.138 e. The number of hydrogen-bond donors (Lipinski definition) is 0. The molecule has 0 fully saturated rings. The van der Waals surface area contributed by atoms with E-state index in [4.69, 9.17) is 23.2 Å². The van der Waals surface area contributed by atoms with Crippen LogP contribution < -0.4 is 0 Å². The number of alkyl halides is 2. The van der Waals surface area contributed by atoms with Crippen LogP contribution in [-0.2, 0) is 9.59 Å². The standard InChI is InChI=1S/C7H10Cl2O2/c8-3-1-2-6(4-10)7(9)5-11/h4-7H,1-3H2/t6-,7+/m0/s1. The Morgan fingerprint density at radius 3 is 2.27 bits per heavy atom. The van der Waals surface area contributed by atoms with Crippen LogP contribution in [0.15, 0.2) is 0 Å². The van der Waals surface area contributed by atoms with Crippen LogP contribution in [0.2, 0.25) is 0 Å². The third kappa shape index (κ3) is 4.38. The molecule has 2 nitrogen and oxygen atoms in total. The predicted molar refractivity (Wildman–Crippen MR) is 45.2 cm³/mol. The Hall–Kier alpha value is -0.0800. The fourth-order valence-electron chi connectivity index (χ4n) is 0.716. The average Bonchev–Trinajstić information content (AvgIpc) is 2.05. The molecular formula is C7H10Cl2O2. The molecule has 0 N–H and O–H groups in total. The number of carbonyl (C=O) groups is 2. The first kappa shape index (κ1) is 10.9. The molecule has 0 aliphatic rings. The van der Waals surface area contributed by atoms with Crippen molar-refractivity contribution in [3.8, 4) is 0 Å². The van der Waals surface area contributed by atoms with Crippen molar-refractivity contribution in [2.45, 2.75) is 18.2 Å². The van der Waals surface area contributed by atoms with Crippen LogP contribution in [0.5, 0.6) is 0 Å². The van der Waals surface area contributed by atoms with Gasteiger partial charge in [0.2, 0.25) is 0 Å². The van der Waals surface area contributed by atoms with Gasteiger partial charge >= 0.3 is 0 Å². The highest BCUT2D eigenvalue weighted by Gasteiger charge is 2.16. The second kappa shape index (κ2) is 6.62. The molecule has 0 aromatic rings. The largest absolute Gasteiger partial charge is 0.303 e. The van der Waals surface area contributed by atoms with Crippen LogP contribution in [0.25, 0.3) is 0 Å². The van der Waals surface area contributed by atoms with Crippen molar-refractivity contribution in [2.75, 3.05) is 5.88 Å². The molecule has 0 saturated heterocycles. The molecule has 0 aromatic carbocycles. The fraction of sp³-hybridized carbons (Fsp3) is 0.714. The van der Waals surface area contributed by atoms with E-state index < -0.39 is 5.38 Å². The second-order valence-corrected chi connectivity index (χ2v) is 3.09. The zero-order chi connectivity index (χ0) is 8.69. The molecule has 4 heteroatoms. The minimum atomic E-state index is -0.698. The number of aldehydes is 2. The van der Waals surface area contributed by atoms with Crippen molar-refractivity contribution >= 4 is 35.8 Å². The lowest BCUT2D eigenvalue weighted by molar-refractivity contribution is -0.115. The molecule has 0 saturated carbocycles. The van der Waals surface area contributed by atoms with Crippen molar-refractivity contribution in [3.63, 3.8) is 0 Å². The Morgan fingerprint density at radius 2 is 1.91 bits per heavy atom. The summed E-state index contributed by atoms with van der Waals surface area (Å²) < 4.78 is 0. The molecule has 11 heavy (non-hydrogen) atoms. The molecule has 0 aromatic heterocycles. The second-order valence-electron chi connectivity index (χ2n) is 2.21. The average molecular weight is 197 g/mol. The van der Waals surface area contributed by atoms with Crippen molar-refractivity contribution < 1.29 is 9.59 Å². The Balaban J connectivity index is 3.73. The molecule has 2 atom stereocenters.